The third-order valence-corrected chi connectivity index (χ3v) is 6.96. The molecule has 0 aliphatic rings. The van der Waals surface area contributed by atoms with E-state index in [1.54, 1.807) is 87.5 Å². The summed E-state index contributed by atoms with van der Waals surface area (Å²) in [6.45, 7) is 5.08. The molecule has 3 aromatic carbocycles. The third-order valence-electron chi connectivity index (χ3n) is 6.18. The number of aryl methyl sites for hydroxylation is 1. The number of amides is 1. The highest BCUT2D eigenvalue weighted by Crippen LogP contribution is 2.30. The Labute approximate surface area is 221 Å². The minimum Gasteiger partial charge on any atom is -0.480 e. The van der Waals surface area contributed by atoms with Crippen molar-refractivity contribution >= 4 is 45.5 Å². The Morgan fingerprint density at radius 2 is 1.63 bits per heavy atom. The molecule has 0 saturated carbocycles. The predicted octanol–water partition coefficient (Wildman–Crippen LogP) is 5.58. The molecule has 0 fully saturated rings. The monoisotopic (exact) mass is 531 g/mol. The molecule has 10 heteroatoms. The van der Waals surface area contributed by atoms with E-state index in [4.69, 9.17) is 4.42 Å². The summed E-state index contributed by atoms with van der Waals surface area (Å²) in [6.07, 6.45) is 0. The van der Waals surface area contributed by atoms with Gasteiger partial charge in [0.15, 0.2) is 5.76 Å². The second-order valence-corrected chi connectivity index (χ2v) is 9.86. The molecular weight excluding hydrogens is 506 g/mol. The molecule has 0 spiro atoms. The van der Waals surface area contributed by atoms with E-state index in [0.717, 1.165) is 15.4 Å². The van der Waals surface area contributed by atoms with Crippen molar-refractivity contribution in [3.05, 3.63) is 83.6 Å². The van der Waals surface area contributed by atoms with Crippen LogP contribution in [0.5, 0.6) is 0 Å². The summed E-state index contributed by atoms with van der Waals surface area (Å²) in [4.78, 5) is 24.6. The lowest BCUT2D eigenvalue weighted by Crippen LogP contribution is -2.45. The number of carbonyl (C=O) groups is 2. The number of carboxylic acids is 1. The number of hydrogen-bond acceptors (Lipinski definition) is 5. The first kappa shape index (κ1) is 26.6. The lowest BCUT2D eigenvalue weighted by Gasteiger charge is -2.29. The number of carbonyl (C=O) groups excluding carboxylic acids is 1. The Morgan fingerprint density at radius 1 is 1.03 bits per heavy atom. The van der Waals surface area contributed by atoms with Crippen LogP contribution in [0, 0.1) is 24.2 Å². The van der Waals surface area contributed by atoms with E-state index in [0.29, 0.717) is 33.5 Å². The van der Waals surface area contributed by atoms with Gasteiger partial charge in [-0.1, -0.05) is 44.2 Å². The number of fused-ring (bicyclic) bond motifs is 1. The lowest BCUT2D eigenvalue weighted by atomic mass is 10.0. The van der Waals surface area contributed by atoms with Crippen molar-refractivity contribution in [1.82, 2.24) is 0 Å². The van der Waals surface area contributed by atoms with Crippen LogP contribution >= 0.6 is 0 Å². The number of furan rings is 1. The fourth-order valence-electron chi connectivity index (χ4n) is 4.35. The maximum atomic E-state index is 12.9. The average Bonchev–Trinajstić information content (AvgIpc) is 3.24. The van der Waals surface area contributed by atoms with Crippen molar-refractivity contribution in [3.63, 3.8) is 0 Å². The van der Waals surface area contributed by atoms with Gasteiger partial charge in [-0.25, -0.2) is 9.00 Å². The minimum absolute atomic E-state index is 0.134. The van der Waals surface area contributed by atoms with Crippen LogP contribution < -0.4 is 9.62 Å². The van der Waals surface area contributed by atoms with Gasteiger partial charge in [0, 0.05) is 16.6 Å². The summed E-state index contributed by atoms with van der Waals surface area (Å²) >= 11 is -2.52. The molecule has 1 aromatic heterocycles. The second-order valence-electron chi connectivity index (χ2n) is 9.01. The van der Waals surface area contributed by atoms with Gasteiger partial charge in [-0.2, -0.15) is 5.26 Å². The summed E-state index contributed by atoms with van der Waals surface area (Å²) in [7, 11) is 0. The molecule has 0 radical (unpaired) electrons. The van der Waals surface area contributed by atoms with Crippen molar-refractivity contribution in [1.29, 1.82) is 5.26 Å². The van der Waals surface area contributed by atoms with Crippen LogP contribution in [0.15, 0.2) is 71.1 Å². The highest BCUT2D eigenvalue weighted by Gasteiger charge is 2.32. The van der Waals surface area contributed by atoms with E-state index < -0.39 is 35.1 Å². The zero-order valence-corrected chi connectivity index (χ0v) is 21.7. The molecule has 1 heterocycles. The van der Waals surface area contributed by atoms with Crippen LogP contribution in [0.3, 0.4) is 0 Å². The molecular formula is C28H25N3O6S. The fourth-order valence-corrected chi connectivity index (χ4v) is 5.18. The van der Waals surface area contributed by atoms with Gasteiger partial charge >= 0.3 is 5.97 Å². The maximum absolute atomic E-state index is 12.9. The summed E-state index contributed by atoms with van der Waals surface area (Å²) < 4.78 is 28.4. The van der Waals surface area contributed by atoms with Crippen molar-refractivity contribution in [3.8, 4) is 17.2 Å². The van der Waals surface area contributed by atoms with Gasteiger partial charge in [-0.05, 0) is 60.4 Å². The standard InChI is InChI=1S/C28H25N3O6S/c1-16(2)25(28(33)34)31(38(35)36)22-13-9-19(10-14-22)18-7-11-21(12-8-18)30-27(32)26-17(3)24-20(15-29)5-4-6-23(24)37-26/h4-14,16,25H,1-3H3,(H,30,32)(H,33,34)(H,35,36). The molecule has 0 aliphatic heterocycles. The molecule has 2 atom stereocenters. The molecule has 2 unspecified atom stereocenters. The predicted molar refractivity (Wildman–Crippen MR) is 145 cm³/mol. The van der Waals surface area contributed by atoms with Gasteiger partial charge in [0.1, 0.15) is 11.6 Å². The first-order chi connectivity index (χ1) is 18.1. The number of benzene rings is 3. The number of aliphatic carboxylic acids is 1. The maximum Gasteiger partial charge on any atom is 0.327 e. The third kappa shape index (κ3) is 5.16. The number of nitrogens with zero attached hydrogens (tertiary/aromatic N) is 2. The SMILES string of the molecule is Cc1c(C(=O)Nc2ccc(-c3ccc(N(C(C(=O)O)C(C)C)S(=O)O)cc3)cc2)oc2cccc(C#N)c12. The fraction of sp³-hybridized carbons (Fsp3) is 0.179. The van der Waals surface area contributed by atoms with Gasteiger partial charge in [-0.3, -0.25) is 13.7 Å². The van der Waals surface area contributed by atoms with E-state index in [2.05, 4.69) is 11.4 Å². The molecule has 4 aromatic rings. The largest absolute Gasteiger partial charge is 0.480 e. The van der Waals surface area contributed by atoms with E-state index in [1.165, 1.54) is 0 Å². The van der Waals surface area contributed by atoms with Gasteiger partial charge in [0.05, 0.1) is 17.3 Å². The molecule has 0 bridgehead atoms. The molecule has 0 saturated heterocycles. The Hall–Kier alpha value is -4.46. The van der Waals surface area contributed by atoms with E-state index in [9.17, 15) is 28.7 Å². The van der Waals surface area contributed by atoms with Crippen LogP contribution in [-0.2, 0) is 16.1 Å². The second kappa shape index (κ2) is 10.9. The van der Waals surface area contributed by atoms with Crippen LogP contribution in [-0.4, -0.2) is 31.8 Å². The molecule has 3 N–H and O–H groups in total. The normalized spacial score (nSPS) is 12.6. The number of nitrogens with one attached hydrogen (secondary N) is 1. The number of nitriles is 1. The summed E-state index contributed by atoms with van der Waals surface area (Å²) in [5, 5.41) is 22.3. The highest BCUT2D eigenvalue weighted by molar-refractivity contribution is 7.80. The Morgan fingerprint density at radius 3 is 2.16 bits per heavy atom. The number of anilines is 2. The summed E-state index contributed by atoms with van der Waals surface area (Å²) in [5.74, 6) is -1.89. The lowest BCUT2D eigenvalue weighted by molar-refractivity contribution is -0.139. The Bertz CT molecular complexity index is 1570. The van der Waals surface area contributed by atoms with Gasteiger partial charge in [0.2, 0.25) is 0 Å². The summed E-state index contributed by atoms with van der Waals surface area (Å²) in [6, 6.07) is 19.8. The quantitative estimate of drug-likeness (QED) is 0.252. The Balaban J connectivity index is 1.53. The highest BCUT2D eigenvalue weighted by atomic mass is 32.2. The van der Waals surface area contributed by atoms with Gasteiger partial charge in [0.25, 0.3) is 17.2 Å². The van der Waals surface area contributed by atoms with Crippen molar-refractivity contribution < 1.29 is 27.9 Å². The first-order valence-corrected chi connectivity index (χ1v) is 12.8. The molecule has 4 rings (SSSR count). The van der Waals surface area contributed by atoms with E-state index >= 15 is 0 Å². The average molecular weight is 532 g/mol. The van der Waals surface area contributed by atoms with Gasteiger partial charge in [-0.15, -0.1) is 0 Å². The van der Waals surface area contributed by atoms with E-state index in [1.807, 2.05) is 0 Å². The smallest absolute Gasteiger partial charge is 0.327 e. The number of rotatable bonds is 8. The van der Waals surface area contributed by atoms with Crippen LogP contribution in [0.25, 0.3) is 22.1 Å². The minimum atomic E-state index is -2.52. The Kier molecular flexibility index (Phi) is 7.62. The van der Waals surface area contributed by atoms with Crippen molar-refractivity contribution in [2.75, 3.05) is 9.62 Å². The van der Waals surface area contributed by atoms with Crippen LogP contribution in [0.2, 0.25) is 0 Å². The molecule has 9 nitrogen and oxygen atoms in total. The molecule has 0 aliphatic carbocycles. The van der Waals surface area contributed by atoms with Crippen molar-refractivity contribution in [2.45, 2.75) is 26.8 Å². The molecule has 38 heavy (non-hydrogen) atoms. The number of hydrogen-bond donors (Lipinski definition) is 3. The molecule has 1 amide bonds. The number of carboxylic acid groups (broad SMARTS) is 1. The topological polar surface area (TPSA) is 144 Å². The zero-order chi connectivity index (χ0) is 27.6. The summed E-state index contributed by atoms with van der Waals surface area (Å²) in [5.41, 5.74) is 3.96. The molecule has 194 valence electrons. The van der Waals surface area contributed by atoms with Gasteiger partial charge < -0.3 is 14.8 Å². The van der Waals surface area contributed by atoms with Crippen LogP contribution in [0.1, 0.15) is 35.5 Å². The van der Waals surface area contributed by atoms with E-state index in [-0.39, 0.29) is 5.76 Å². The van der Waals surface area contributed by atoms with Crippen molar-refractivity contribution in [2.24, 2.45) is 5.92 Å². The first-order valence-electron chi connectivity index (χ1n) is 11.7. The van der Waals surface area contributed by atoms with Crippen LogP contribution in [0.4, 0.5) is 11.4 Å². The zero-order valence-electron chi connectivity index (χ0n) is 20.8.